The van der Waals surface area contributed by atoms with Crippen molar-refractivity contribution >= 4 is 42.0 Å². The van der Waals surface area contributed by atoms with Crippen molar-refractivity contribution in [2.24, 2.45) is 63.6 Å². The maximum absolute atomic E-state index is 14.3. The van der Waals surface area contributed by atoms with E-state index in [1.165, 1.54) is 60.1 Å². The fourth-order valence-corrected chi connectivity index (χ4v) is 22.0. The summed E-state index contributed by atoms with van der Waals surface area (Å²) >= 11 is 0. The zero-order valence-electron chi connectivity index (χ0n) is 64.3. The Morgan fingerprint density at radius 1 is 0.486 bits per heavy atom. The van der Waals surface area contributed by atoms with Crippen molar-refractivity contribution in [2.45, 2.75) is 271 Å². The first-order valence-electron chi connectivity index (χ1n) is 40.0. The maximum atomic E-state index is 14.3. The number of fused-ring (bicyclic) bond motifs is 15. The van der Waals surface area contributed by atoms with Gasteiger partial charge in [0, 0.05) is 38.3 Å². The van der Waals surface area contributed by atoms with Crippen LogP contribution in [0.2, 0.25) is 0 Å². The zero-order valence-corrected chi connectivity index (χ0v) is 64.3. The van der Waals surface area contributed by atoms with Gasteiger partial charge in [-0.2, -0.15) is 0 Å². The molecule has 6 fully saturated rings. The lowest BCUT2D eigenvalue weighted by atomic mass is 9.55. The average molecular weight is 1440 g/mol. The first-order valence-corrected chi connectivity index (χ1v) is 40.0. The second-order valence-corrected chi connectivity index (χ2v) is 34.2. The zero-order chi connectivity index (χ0) is 74.5. The number of likely N-dealkylation sites (N-methyl/N-ethyl adjacent to an activating group) is 1. The van der Waals surface area contributed by atoms with Crippen LogP contribution in [0.4, 0.5) is 9.59 Å². The van der Waals surface area contributed by atoms with Crippen LogP contribution in [0.15, 0.2) is 84.9 Å². The molecule has 18 heteroatoms. The molecule has 0 saturated heterocycles. The number of nitrogens with one attached hydrogen (secondary N) is 4. The SMILES string of the molecule is CNC(CCCCNC(C)=O)C(=O)OCc1ccccc1.CO[C@H]1CCC2C3CCc4cc(OC(=O)N[C@H](CC(C)C)C(=O)O[C@H]5CCC6C7CCc8cc(OC(=O)[C@H](CC(C)C)NC(=O)O[C@H]9CCC%10C%11CCc%12cc(OC(C)=O)ccc%12C%11CC[C@@]%109C)ccc8C7CC[C@@]65C)ccc4C3CC[C@@]21C. The summed E-state index contributed by atoms with van der Waals surface area (Å²) < 4.78 is 41.6. The van der Waals surface area contributed by atoms with Gasteiger partial charge in [0.15, 0.2) is 0 Å². The van der Waals surface area contributed by atoms with E-state index in [9.17, 15) is 33.6 Å². The number of aryl methyl sites for hydroxylation is 3. The largest absolute Gasteiger partial charge is 0.460 e. The molecule has 9 aliphatic carbocycles. The summed E-state index contributed by atoms with van der Waals surface area (Å²) in [5.74, 6) is 4.80. The van der Waals surface area contributed by atoms with Crippen LogP contribution in [0.25, 0.3) is 0 Å². The minimum absolute atomic E-state index is 0.0255. The lowest BCUT2D eigenvalue weighted by Crippen LogP contribution is -2.49. The van der Waals surface area contributed by atoms with Gasteiger partial charge in [-0.15, -0.1) is 0 Å². The maximum Gasteiger partial charge on any atom is 0.413 e. The van der Waals surface area contributed by atoms with Gasteiger partial charge < -0.3 is 54.4 Å². The van der Waals surface area contributed by atoms with Crippen molar-refractivity contribution in [1.29, 1.82) is 0 Å². The van der Waals surface area contributed by atoms with Gasteiger partial charge >= 0.3 is 36.1 Å². The van der Waals surface area contributed by atoms with Crippen LogP contribution in [0.5, 0.6) is 17.2 Å². The smallest absolute Gasteiger partial charge is 0.413 e. The lowest BCUT2D eigenvalue weighted by molar-refractivity contribution is -0.160. The first kappa shape index (κ1) is 77.3. The summed E-state index contributed by atoms with van der Waals surface area (Å²) in [5.41, 5.74) is 8.72. The number of alkyl carbamates (subject to hydrolysis) is 1. The number of carbonyl (C=O) groups excluding carboxylic acids is 7. The van der Waals surface area contributed by atoms with Crippen molar-refractivity contribution in [3.8, 4) is 17.2 Å². The average Bonchev–Trinajstić information content (AvgIpc) is 1.66. The van der Waals surface area contributed by atoms with Crippen LogP contribution in [0.1, 0.15) is 247 Å². The molecule has 0 bridgehead atoms. The molecule has 0 heterocycles. The Hall–Kier alpha value is -7.31. The highest BCUT2D eigenvalue weighted by atomic mass is 16.6. The highest BCUT2D eigenvalue weighted by Crippen LogP contribution is 2.65. The van der Waals surface area contributed by atoms with Gasteiger partial charge in [0.2, 0.25) is 5.91 Å². The Bertz CT molecular complexity index is 3760. The minimum Gasteiger partial charge on any atom is -0.460 e. The van der Waals surface area contributed by atoms with Gasteiger partial charge in [-0.1, -0.05) is 97.0 Å². The molecule has 0 aliphatic heterocycles. The summed E-state index contributed by atoms with van der Waals surface area (Å²) in [4.78, 5) is 90.2. The van der Waals surface area contributed by atoms with Gasteiger partial charge in [0.25, 0.3) is 0 Å². The first-order chi connectivity index (χ1) is 50.3. The molecule has 0 radical (unpaired) electrons. The predicted octanol–water partition coefficient (Wildman–Crippen LogP) is 16.0. The fourth-order valence-electron chi connectivity index (χ4n) is 22.0. The third-order valence-electron chi connectivity index (χ3n) is 27.0. The molecular formula is C87H118N4O14. The molecule has 9 aliphatic rings. The molecule has 0 aromatic heterocycles. The number of benzene rings is 4. The Balaban J connectivity index is 0.000000426. The second-order valence-electron chi connectivity index (χ2n) is 34.2. The number of amides is 3. The summed E-state index contributed by atoms with van der Waals surface area (Å²) in [6, 6.07) is 26.0. The number of ether oxygens (including phenoxy) is 7. The standard InChI is InChI=1S/C71H94N2O11.C16H24N2O3/c1-39(2)34-60(73-68(78)84-64-27-24-59-56-17-10-42-36-45(80-41(5)74)13-19-48(42)53(56)30-33-71(59,64)8)65(75)81-46-14-20-49-43(37-46)11-18-55-52(49)29-32-70(7)58(55)23-26-63(70)83-66(76)61(35-40(3)4)72-67(77)82-47-15-21-50-44(38-47)12-16-54-51(50)28-31-69(6)57(54)22-25-62(69)79-9;1-13(19)18-11-7-6-10-15(17-2)16(20)21-12-14-8-4-3-5-9-14/h13-15,19-21,36-40,51-64H,10-12,16-18,22-35H2,1-9H3,(H,72,77)(H,73,78);3-5,8-9,15,17H,6-7,10-12H2,1-2H3,(H,18,19)/t51?,52?,53?,54?,55?,56?,57?,58?,59?,60-,61+,62-,63-,64-,69-,70-,71-;/m0./s1. The van der Waals surface area contributed by atoms with Crippen molar-refractivity contribution < 1.29 is 66.7 Å². The van der Waals surface area contributed by atoms with Crippen LogP contribution in [0.3, 0.4) is 0 Å². The second kappa shape index (κ2) is 33.4. The van der Waals surface area contributed by atoms with Crippen molar-refractivity contribution in [3.05, 3.63) is 124 Å². The Morgan fingerprint density at radius 2 is 0.943 bits per heavy atom. The van der Waals surface area contributed by atoms with Crippen LogP contribution < -0.4 is 35.5 Å². The highest BCUT2D eigenvalue weighted by molar-refractivity contribution is 5.84. The minimum atomic E-state index is -0.865. The molecule has 4 N–H and O–H groups in total. The molecule has 18 nitrogen and oxygen atoms in total. The highest BCUT2D eigenvalue weighted by Gasteiger charge is 2.59. The molecule has 3 amide bonds. The van der Waals surface area contributed by atoms with Gasteiger partial charge in [0.05, 0.1) is 6.10 Å². The molecule has 6 saturated carbocycles. The van der Waals surface area contributed by atoms with E-state index < -0.39 is 30.2 Å². The van der Waals surface area contributed by atoms with Crippen LogP contribution in [-0.4, -0.2) is 99.1 Å². The number of methoxy groups -OCH3 is 1. The Labute approximate surface area is 623 Å². The van der Waals surface area contributed by atoms with E-state index in [0.29, 0.717) is 109 Å². The topological polar surface area (TPSA) is 232 Å². The van der Waals surface area contributed by atoms with E-state index in [1.807, 2.05) is 81.6 Å². The Morgan fingerprint density at radius 3 is 1.42 bits per heavy atom. The third kappa shape index (κ3) is 17.2. The summed E-state index contributed by atoms with van der Waals surface area (Å²) in [5, 5.41) is 11.6. The van der Waals surface area contributed by atoms with Gasteiger partial charge in [-0.25, -0.2) is 19.2 Å². The van der Waals surface area contributed by atoms with Crippen molar-refractivity contribution in [1.82, 2.24) is 21.3 Å². The number of hydrogen-bond acceptors (Lipinski definition) is 15. The van der Waals surface area contributed by atoms with E-state index in [-0.39, 0.29) is 70.1 Å². The number of carbonyl (C=O) groups is 7. The van der Waals surface area contributed by atoms with E-state index in [1.54, 1.807) is 7.05 Å². The van der Waals surface area contributed by atoms with E-state index in [0.717, 1.165) is 121 Å². The molecule has 4 aromatic carbocycles. The molecule has 570 valence electrons. The number of hydrogen-bond donors (Lipinski definition) is 4. The molecule has 4 aromatic rings. The van der Waals surface area contributed by atoms with E-state index in [4.69, 9.17) is 33.2 Å². The molecule has 13 rings (SSSR count). The van der Waals surface area contributed by atoms with Crippen LogP contribution >= 0.6 is 0 Å². The normalized spacial score (nSPS) is 30.1. The van der Waals surface area contributed by atoms with Gasteiger partial charge in [0.1, 0.15) is 54.2 Å². The third-order valence-corrected chi connectivity index (χ3v) is 27.0. The number of rotatable bonds is 23. The van der Waals surface area contributed by atoms with E-state index in [2.05, 4.69) is 80.2 Å². The van der Waals surface area contributed by atoms with Gasteiger partial charge in [-0.3, -0.25) is 14.4 Å². The summed E-state index contributed by atoms with van der Waals surface area (Å²) in [7, 11) is 3.63. The van der Waals surface area contributed by atoms with Gasteiger partial charge in [-0.05, 0) is 301 Å². The van der Waals surface area contributed by atoms with Crippen LogP contribution in [0, 0.1) is 63.6 Å². The molecule has 105 heavy (non-hydrogen) atoms. The monoisotopic (exact) mass is 1440 g/mol. The lowest BCUT2D eigenvalue weighted by Gasteiger charge is -2.50. The van der Waals surface area contributed by atoms with Crippen molar-refractivity contribution in [2.75, 3.05) is 20.7 Å². The Kier molecular flexibility index (Phi) is 24.6. The fraction of sp³-hybridized carbons (Fsp3) is 0.644. The summed E-state index contributed by atoms with van der Waals surface area (Å²) in [6.07, 6.45) is 20.0. The summed E-state index contributed by atoms with van der Waals surface area (Å²) in [6.45, 7) is 19.1. The molecule has 10 unspecified atom stereocenters. The quantitative estimate of drug-likeness (QED) is 0.0234. The van der Waals surface area contributed by atoms with Crippen molar-refractivity contribution in [3.63, 3.8) is 0 Å². The molecular weight excluding hydrogens is 1320 g/mol. The van der Waals surface area contributed by atoms with E-state index >= 15 is 0 Å². The molecule has 18 atom stereocenters. The number of esters is 4. The van der Waals surface area contributed by atoms with Crippen LogP contribution in [-0.2, 0) is 68.8 Å². The molecule has 0 spiro atoms. The predicted molar refractivity (Wildman–Crippen MR) is 401 cm³/mol. The number of unbranched alkanes of at least 4 members (excludes halogenated alkanes) is 1.